The molecule has 6 heteroatoms. The van der Waals surface area contributed by atoms with Gasteiger partial charge in [-0.2, -0.15) is 0 Å². The molecule has 0 atom stereocenters. The average Bonchev–Trinajstić information content (AvgIpc) is 2.99. The number of aromatic nitrogens is 2. The number of primary amides is 1. The summed E-state index contributed by atoms with van der Waals surface area (Å²) in [4.78, 5) is 23.8. The van der Waals surface area contributed by atoms with Crippen LogP contribution in [0.15, 0.2) is 60.0 Å². The highest BCUT2D eigenvalue weighted by Gasteiger charge is 2.08. The van der Waals surface area contributed by atoms with E-state index in [0.29, 0.717) is 11.5 Å². The number of nitrogens with one attached hydrogen (secondary N) is 1. The molecule has 3 aromatic rings. The van der Waals surface area contributed by atoms with Crippen molar-refractivity contribution in [2.24, 2.45) is 10.9 Å². The highest BCUT2D eigenvalue weighted by atomic mass is 16.6. The summed E-state index contributed by atoms with van der Waals surface area (Å²) in [6, 6.07) is 14.7. The van der Waals surface area contributed by atoms with Crippen molar-refractivity contribution >= 4 is 22.7 Å². The lowest BCUT2D eigenvalue weighted by Gasteiger charge is -2.05. The fraction of sp³-hybridized carbons (Fsp3) is 0.0625. The van der Waals surface area contributed by atoms with Crippen LogP contribution in [-0.4, -0.2) is 21.6 Å². The molecule has 0 aliphatic carbocycles. The van der Waals surface area contributed by atoms with E-state index >= 15 is 0 Å². The van der Waals surface area contributed by atoms with Crippen LogP contribution in [0.5, 0.6) is 5.75 Å². The Bertz CT molecular complexity index is 824. The molecule has 0 saturated heterocycles. The van der Waals surface area contributed by atoms with Crippen LogP contribution >= 0.6 is 0 Å². The van der Waals surface area contributed by atoms with Crippen LogP contribution in [0.2, 0.25) is 0 Å². The van der Waals surface area contributed by atoms with Crippen molar-refractivity contribution in [1.82, 2.24) is 9.97 Å². The van der Waals surface area contributed by atoms with Gasteiger partial charge in [0.05, 0.1) is 29.5 Å². The zero-order valence-corrected chi connectivity index (χ0v) is 11.7. The summed E-state index contributed by atoms with van der Waals surface area (Å²) >= 11 is 0. The number of carbonyl (C=O) groups excluding carboxylic acids is 1. The minimum atomic E-state index is -0.464. The molecule has 3 rings (SSSR count). The van der Waals surface area contributed by atoms with E-state index in [1.807, 2.05) is 36.4 Å². The van der Waals surface area contributed by atoms with E-state index in [-0.39, 0.29) is 6.42 Å². The number of hydrogen-bond donors (Lipinski definition) is 2. The van der Waals surface area contributed by atoms with Gasteiger partial charge in [-0.1, -0.05) is 35.5 Å². The number of nitrogens with zero attached hydrogens (tertiary/aromatic N) is 2. The number of H-pyrrole nitrogens is 1. The van der Waals surface area contributed by atoms with Crippen molar-refractivity contribution in [3.05, 3.63) is 60.4 Å². The maximum Gasteiger partial charge on any atom is 0.223 e. The second kappa shape index (κ2) is 6.09. The average molecular weight is 294 g/mol. The van der Waals surface area contributed by atoms with E-state index in [4.69, 9.17) is 10.6 Å². The third-order valence-corrected chi connectivity index (χ3v) is 3.10. The number of fused-ring (bicyclic) bond motifs is 1. The molecule has 0 unspecified atom stereocenters. The first-order chi connectivity index (χ1) is 10.7. The monoisotopic (exact) mass is 294 g/mol. The predicted octanol–water partition coefficient (Wildman–Crippen LogP) is 2.22. The summed E-state index contributed by atoms with van der Waals surface area (Å²) in [7, 11) is 0. The SMILES string of the molecule is NC(=O)C/C(=N\Oc1ccc2[nH]cnc2c1)c1ccccc1. The van der Waals surface area contributed by atoms with E-state index in [9.17, 15) is 4.79 Å². The van der Waals surface area contributed by atoms with Crippen LogP contribution < -0.4 is 10.6 Å². The Morgan fingerprint density at radius 2 is 2.05 bits per heavy atom. The standard InChI is InChI=1S/C16H14N4O2/c17-16(21)9-14(11-4-2-1-3-5-11)20-22-12-6-7-13-15(8-12)19-10-18-13/h1-8,10H,9H2,(H2,17,21)(H,18,19)/b20-14+. The predicted molar refractivity (Wildman–Crippen MR) is 83.5 cm³/mol. The van der Waals surface area contributed by atoms with Crippen molar-refractivity contribution < 1.29 is 9.63 Å². The van der Waals surface area contributed by atoms with E-state index in [2.05, 4.69) is 15.1 Å². The van der Waals surface area contributed by atoms with Crippen LogP contribution in [0, 0.1) is 0 Å². The summed E-state index contributed by atoms with van der Waals surface area (Å²) in [5, 5.41) is 4.07. The maximum absolute atomic E-state index is 11.2. The van der Waals surface area contributed by atoms with Crippen LogP contribution in [-0.2, 0) is 4.79 Å². The summed E-state index contributed by atoms with van der Waals surface area (Å²) < 4.78 is 0. The van der Waals surface area contributed by atoms with Gasteiger partial charge in [-0.15, -0.1) is 0 Å². The molecule has 0 bridgehead atoms. The summed E-state index contributed by atoms with van der Waals surface area (Å²) in [5.74, 6) is 0.0754. The van der Waals surface area contributed by atoms with E-state index < -0.39 is 5.91 Å². The Morgan fingerprint density at radius 3 is 2.82 bits per heavy atom. The molecule has 0 spiro atoms. The first kappa shape index (κ1) is 13.8. The van der Waals surface area contributed by atoms with Gasteiger partial charge in [0.15, 0.2) is 5.75 Å². The first-order valence-electron chi connectivity index (χ1n) is 6.73. The Labute approximate surface area is 126 Å². The molecule has 1 amide bonds. The Morgan fingerprint density at radius 1 is 1.23 bits per heavy atom. The number of nitrogens with two attached hydrogens (primary N) is 1. The molecule has 6 nitrogen and oxygen atoms in total. The lowest BCUT2D eigenvalue weighted by atomic mass is 10.1. The number of rotatable bonds is 5. The second-order valence-corrected chi connectivity index (χ2v) is 4.72. The van der Waals surface area contributed by atoms with Crippen molar-refractivity contribution in [1.29, 1.82) is 0 Å². The number of oxime groups is 1. The molecule has 0 aliphatic rings. The van der Waals surface area contributed by atoms with Crippen LogP contribution in [0.25, 0.3) is 11.0 Å². The lowest BCUT2D eigenvalue weighted by molar-refractivity contribution is -0.116. The van der Waals surface area contributed by atoms with Gasteiger partial charge in [-0.3, -0.25) is 4.79 Å². The molecular weight excluding hydrogens is 280 g/mol. The van der Waals surface area contributed by atoms with Gasteiger partial charge in [-0.25, -0.2) is 4.98 Å². The van der Waals surface area contributed by atoms with Gasteiger partial charge in [0.2, 0.25) is 5.91 Å². The fourth-order valence-corrected chi connectivity index (χ4v) is 2.06. The Kier molecular flexibility index (Phi) is 3.82. The number of amides is 1. The number of imidazole rings is 1. The van der Waals surface area contributed by atoms with Gasteiger partial charge >= 0.3 is 0 Å². The normalized spacial score (nSPS) is 11.5. The minimum absolute atomic E-state index is 0.00859. The number of benzene rings is 2. The van der Waals surface area contributed by atoms with Gasteiger partial charge in [0.25, 0.3) is 0 Å². The van der Waals surface area contributed by atoms with E-state index in [1.165, 1.54) is 0 Å². The van der Waals surface area contributed by atoms with Crippen molar-refractivity contribution in [2.75, 3.05) is 0 Å². The van der Waals surface area contributed by atoms with Crippen molar-refractivity contribution in [2.45, 2.75) is 6.42 Å². The Hall–Kier alpha value is -3.15. The molecule has 2 aromatic carbocycles. The fourth-order valence-electron chi connectivity index (χ4n) is 2.06. The molecule has 0 fully saturated rings. The molecule has 22 heavy (non-hydrogen) atoms. The molecule has 3 N–H and O–H groups in total. The van der Waals surface area contributed by atoms with Gasteiger partial charge < -0.3 is 15.6 Å². The molecule has 1 aromatic heterocycles. The second-order valence-electron chi connectivity index (χ2n) is 4.72. The topological polar surface area (TPSA) is 93.4 Å². The number of carbonyl (C=O) groups is 1. The number of hydrogen-bond acceptors (Lipinski definition) is 4. The molecule has 0 radical (unpaired) electrons. The quantitative estimate of drug-likeness (QED) is 0.558. The smallest absolute Gasteiger partial charge is 0.223 e. The molecular formula is C16H14N4O2. The lowest BCUT2D eigenvalue weighted by Crippen LogP contribution is -2.17. The maximum atomic E-state index is 11.2. The molecule has 110 valence electrons. The van der Waals surface area contributed by atoms with Crippen molar-refractivity contribution in [3.8, 4) is 5.75 Å². The summed E-state index contributed by atoms with van der Waals surface area (Å²) in [6.45, 7) is 0. The largest absolute Gasteiger partial charge is 0.369 e. The zero-order chi connectivity index (χ0) is 15.4. The summed E-state index contributed by atoms with van der Waals surface area (Å²) in [6.07, 6.45) is 1.62. The van der Waals surface area contributed by atoms with E-state index in [1.54, 1.807) is 18.5 Å². The van der Waals surface area contributed by atoms with Crippen LogP contribution in [0.4, 0.5) is 0 Å². The van der Waals surface area contributed by atoms with Gasteiger partial charge in [0.1, 0.15) is 0 Å². The molecule has 1 heterocycles. The Balaban J connectivity index is 1.86. The molecule has 0 saturated carbocycles. The van der Waals surface area contributed by atoms with Gasteiger partial charge in [0, 0.05) is 6.07 Å². The summed E-state index contributed by atoms with van der Waals surface area (Å²) in [5.41, 5.74) is 8.24. The van der Waals surface area contributed by atoms with Crippen LogP contribution in [0.1, 0.15) is 12.0 Å². The van der Waals surface area contributed by atoms with Crippen molar-refractivity contribution in [3.63, 3.8) is 0 Å². The highest BCUT2D eigenvalue weighted by molar-refractivity contribution is 6.09. The number of aromatic amines is 1. The molecule has 0 aliphatic heterocycles. The van der Waals surface area contributed by atoms with Crippen LogP contribution in [0.3, 0.4) is 0 Å². The third-order valence-electron chi connectivity index (χ3n) is 3.10. The first-order valence-corrected chi connectivity index (χ1v) is 6.73. The third kappa shape index (κ3) is 3.12. The highest BCUT2D eigenvalue weighted by Crippen LogP contribution is 2.18. The minimum Gasteiger partial charge on any atom is -0.369 e. The van der Waals surface area contributed by atoms with E-state index in [0.717, 1.165) is 16.6 Å². The zero-order valence-electron chi connectivity index (χ0n) is 11.7. The van der Waals surface area contributed by atoms with Gasteiger partial charge in [-0.05, 0) is 17.7 Å².